The molecule has 0 bridgehead atoms. The highest BCUT2D eigenvalue weighted by atomic mass is 19.1. The number of para-hydroxylation sites is 1. The molecule has 0 amide bonds. The van der Waals surface area contributed by atoms with E-state index in [0.717, 1.165) is 39.7 Å². The van der Waals surface area contributed by atoms with E-state index in [1.54, 1.807) is 18.3 Å². The maximum Gasteiger partial charge on any atom is 0.166 e. The molecule has 1 aromatic heterocycles. The fraction of sp³-hybridized carbons (Fsp3) is 0.281. The van der Waals surface area contributed by atoms with Crippen LogP contribution in [0.3, 0.4) is 0 Å². The molecular formula is C32H33FN2O2. The summed E-state index contributed by atoms with van der Waals surface area (Å²) in [5.41, 5.74) is 5.97. The van der Waals surface area contributed by atoms with E-state index in [4.69, 9.17) is 0 Å². The van der Waals surface area contributed by atoms with Gasteiger partial charge in [0.05, 0.1) is 16.8 Å². The molecule has 1 N–H and O–H groups in total. The van der Waals surface area contributed by atoms with Crippen molar-refractivity contribution in [2.75, 3.05) is 5.32 Å². The zero-order valence-electron chi connectivity index (χ0n) is 21.9. The second-order valence-electron chi connectivity index (χ2n) is 9.63. The van der Waals surface area contributed by atoms with Gasteiger partial charge >= 0.3 is 0 Å². The summed E-state index contributed by atoms with van der Waals surface area (Å²) in [5.74, 6) is -0.340. The summed E-state index contributed by atoms with van der Waals surface area (Å²) in [4.78, 5) is 29.5. The summed E-state index contributed by atoms with van der Waals surface area (Å²) in [6.07, 6.45) is 3.66. The van der Waals surface area contributed by atoms with Crippen LogP contribution in [0.2, 0.25) is 0 Å². The summed E-state index contributed by atoms with van der Waals surface area (Å²) < 4.78 is 15.3. The number of fused-ring (bicyclic) bond motifs is 1. The molecule has 190 valence electrons. The Labute approximate surface area is 217 Å². The van der Waals surface area contributed by atoms with Gasteiger partial charge in [0.2, 0.25) is 0 Å². The molecule has 0 aliphatic heterocycles. The Bertz CT molecular complexity index is 1450. The molecule has 4 rings (SSSR count). The minimum atomic E-state index is -0.315. The van der Waals surface area contributed by atoms with Crippen molar-refractivity contribution in [1.82, 2.24) is 4.98 Å². The van der Waals surface area contributed by atoms with Crippen LogP contribution in [0.25, 0.3) is 22.0 Å². The van der Waals surface area contributed by atoms with Gasteiger partial charge in [-0.3, -0.25) is 14.6 Å². The normalized spacial score (nSPS) is 11.9. The third kappa shape index (κ3) is 5.77. The average Bonchev–Trinajstić information content (AvgIpc) is 2.88. The molecule has 0 spiro atoms. The molecule has 3 aromatic carbocycles. The molecule has 4 aromatic rings. The molecule has 0 aliphatic carbocycles. The fourth-order valence-electron chi connectivity index (χ4n) is 4.78. The van der Waals surface area contributed by atoms with Gasteiger partial charge < -0.3 is 5.32 Å². The van der Waals surface area contributed by atoms with Crippen LogP contribution in [-0.2, 0) is 4.79 Å². The maximum atomic E-state index is 15.3. The lowest BCUT2D eigenvalue weighted by Gasteiger charge is -2.17. The summed E-state index contributed by atoms with van der Waals surface area (Å²) in [6.45, 7) is 7.68. The van der Waals surface area contributed by atoms with E-state index in [2.05, 4.69) is 10.3 Å². The number of carbonyl (C=O) groups excluding carboxylic acids is 2. The molecule has 4 nitrogen and oxygen atoms in total. The van der Waals surface area contributed by atoms with E-state index in [0.29, 0.717) is 36.1 Å². The van der Waals surface area contributed by atoms with E-state index in [9.17, 15) is 9.59 Å². The Balaban J connectivity index is 1.80. The van der Waals surface area contributed by atoms with Crippen molar-refractivity contribution in [1.29, 1.82) is 0 Å². The smallest absolute Gasteiger partial charge is 0.166 e. The molecule has 0 saturated carbocycles. The highest BCUT2D eigenvalue weighted by Gasteiger charge is 2.19. The van der Waals surface area contributed by atoms with Crippen LogP contribution >= 0.6 is 0 Å². The highest BCUT2D eigenvalue weighted by Crippen LogP contribution is 2.36. The van der Waals surface area contributed by atoms with Gasteiger partial charge in [0.15, 0.2) is 5.78 Å². The molecular weight excluding hydrogens is 463 g/mol. The lowest BCUT2D eigenvalue weighted by Crippen LogP contribution is -2.06. The first-order valence-electron chi connectivity index (χ1n) is 12.9. The van der Waals surface area contributed by atoms with Crippen LogP contribution in [0.15, 0.2) is 66.9 Å². The van der Waals surface area contributed by atoms with Gasteiger partial charge in [-0.05, 0) is 71.8 Å². The number of rotatable bonds is 10. The van der Waals surface area contributed by atoms with Gasteiger partial charge in [0.25, 0.3) is 0 Å². The van der Waals surface area contributed by atoms with Crippen molar-refractivity contribution in [3.8, 4) is 11.1 Å². The van der Waals surface area contributed by atoms with Crippen molar-refractivity contribution >= 4 is 33.8 Å². The van der Waals surface area contributed by atoms with E-state index in [-0.39, 0.29) is 23.3 Å². The molecule has 0 radical (unpaired) electrons. The van der Waals surface area contributed by atoms with Gasteiger partial charge in [0, 0.05) is 36.5 Å². The fourth-order valence-corrected chi connectivity index (χ4v) is 4.78. The Morgan fingerprint density at radius 3 is 2.46 bits per heavy atom. The number of carbonyl (C=O) groups is 2. The molecule has 0 saturated heterocycles. The monoisotopic (exact) mass is 496 g/mol. The van der Waals surface area contributed by atoms with Crippen LogP contribution in [0.5, 0.6) is 0 Å². The minimum absolute atomic E-state index is 0.00281. The number of Topliss-reactive ketones (excluding diaryl/α,β-unsaturated/α-hetero) is 2. The Hall–Kier alpha value is -3.86. The van der Waals surface area contributed by atoms with Crippen molar-refractivity contribution in [3.05, 3.63) is 89.4 Å². The largest absolute Gasteiger partial charge is 0.354 e. The third-order valence-electron chi connectivity index (χ3n) is 6.78. The highest BCUT2D eigenvalue weighted by molar-refractivity contribution is 6.09. The second kappa shape index (κ2) is 11.5. The summed E-state index contributed by atoms with van der Waals surface area (Å²) >= 11 is 0. The predicted molar refractivity (Wildman–Crippen MR) is 149 cm³/mol. The minimum Gasteiger partial charge on any atom is -0.354 e. The van der Waals surface area contributed by atoms with E-state index < -0.39 is 0 Å². The summed E-state index contributed by atoms with van der Waals surface area (Å²) in [7, 11) is 0. The number of aryl methyl sites for hydroxylation is 1. The van der Waals surface area contributed by atoms with Crippen molar-refractivity contribution in [3.63, 3.8) is 0 Å². The number of anilines is 2. The van der Waals surface area contributed by atoms with Crippen LogP contribution in [0.1, 0.15) is 73.9 Å². The predicted octanol–water partition coefficient (Wildman–Crippen LogP) is 8.55. The number of aromatic nitrogens is 1. The topological polar surface area (TPSA) is 59.1 Å². The van der Waals surface area contributed by atoms with E-state index in [1.807, 2.05) is 76.2 Å². The van der Waals surface area contributed by atoms with Crippen LogP contribution < -0.4 is 5.32 Å². The third-order valence-corrected chi connectivity index (χ3v) is 6.78. The zero-order valence-corrected chi connectivity index (χ0v) is 21.9. The van der Waals surface area contributed by atoms with Gasteiger partial charge in [0.1, 0.15) is 11.6 Å². The molecule has 1 heterocycles. The zero-order chi connectivity index (χ0) is 26.5. The first-order chi connectivity index (χ1) is 17.8. The average molecular weight is 497 g/mol. The van der Waals surface area contributed by atoms with Crippen molar-refractivity contribution in [2.24, 2.45) is 0 Å². The van der Waals surface area contributed by atoms with Crippen molar-refractivity contribution < 1.29 is 14.0 Å². The Morgan fingerprint density at radius 1 is 1.03 bits per heavy atom. The number of pyridine rings is 1. The molecule has 1 atom stereocenters. The van der Waals surface area contributed by atoms with E-state index in [1.165, 1.54) is 0 Å². The van der Waals surface area contributed by atoms with Crippen LogP contribution in [0, 0.1) is 12.7 Å². The first-order valence-corrected chi connectivity index (χ1v) is 12.9. The number of hydrogen-bond acceptors (Lipinski definition) is 4. The molecule has 5 heteroatoms. The SMILES string of the molecule is CCCC(=O)CC(C)c1ccc(-c2cc3c(Nc4ccccc4)c(C(=O)CC)cnc3cc2C)cc1F. The number of benzene rings is 3. The van der Waals surface area contributed by atoms with E-state index >= 15 is 4.39 Å². The van der Waals surface area contributed by atoms with Crippen LogP contribution in [-0.4, -0.2) is 16.6 Å². The Morgan fingerprint density at radius 2 is 1.78 bits per heavy atom. The number of ketones is 2. The van der Waals surface area contributed by atoms with Gasteiger partial charge in [-0.1, -0.05) is 51.1 Å². The molecule has 1 unspecified atom stereocenters. The Kier molecular flexibility index (Phi) is 8.12. The first kappa shape index (κ1) is 26.2. The van der Waals surface area contributed by atoms with Crippen molar-refractivity contribution in [2.45, 2.75) is 59.3 Å². The van der Waals surface area contributed by atoms with Gasteiger partial charge in [-0.25, -0.2) is 4.39 Å². The number of nitrogens with one attached hydrogen (secondary N) is 1. The quantitative estimate of drug-likeness (QED) is 0.223. The summed E-state index contributed by atoms with van der Waals surface area (Å²) in [6, 6.07) is 18.9. The van der Waals surface area contributed by atoms with Crippen LogP contribution in [0.4, 0.5) is 15.8 Å². The second-order valence-corrected chi connectivity index (χ2v) is 9.63. The van der Waals surface area contributed by atoms with Gasteiger partial charge in [-0.2, -0.15) is 0 Å². The standard InChI is InChI=1S/C32H33FN2O2/c1-5-10-24(36)15-20(3)25-14-13-22(17-29(25)33)26-18-27-30(16-21(26)4)34-19-28(31(37)6-2)32(27)35-23-11-8-7-9-12-23/h7-9,11-14,16-20H,5-6,10,15H2,1-4H3,(H,34,35). The maximum absolute atomic E-state index is 15.3. The molecule has 37 heavy (non-hydrogen) atoms. The number of halogens is 1. The van der Waals surface area contributed by atoms with Gasteiger partial charge in [-0.15, -0.1) is 0 Å². The lowest BCUT2D eigenvalue weighted by molar-refractivity contribution is -0.119. The summed E-state index contributed by atoms with van der Waals surface area (Å²) in [5, 5.41) is 4.22. The number of nitrogens with zero attached hydrogens (tertiary/aromatic N) is 1. The molecule has 0 aliphatic rings. The lowest BCUT2D eigenvalue weighted by atomic mass is 9.90. The molecule has 0 fully saturated rings. The number of hydrogen-bond donors (Lipinski definition) is 1.